The normalized spacial score (nSPS) is 19.4. The lowest BCUT2D eigenvalue weighted by Crippen LogP contribution is -2.36. The third-order valence-corrected chi connectivity index (χ3v) is 4.16. The third kappa shape index (κ3) is 2.81. The fraction of sp³-hybridized carbons (Fsp3) is 0.750. The van der Waals surface area contributed by atoms with Gasteiger partial charge in [-0.15, -0.1) is 11.3 Å². The highest BCUT2D eigenvalue weighted by atomic mass is 32.1. The van der Waals surface area contributed by atoms with Crippen LogP contribution in [0.15, 0.2) is 10.9 Å². The molecule has 0 atom stereocenters. The van der Waals surface area contributed by atoms with Crippen LogP contribution in [0.5, 0.6) is 0 Å². The zero-order chi connectivity index (χ0) is 11.4. The zero-order valence-corrected chi connectivity index (χ0v) is 10.7. The monoisotopic (exact) mass is 240 g/mol. The first kappa shape index (κ1) is 12.0. The van der Waals surface area contributed by atoms with E-state index in [9.17, 15) is 5.11 Å². The minimum atomic E-state index is 0.158. The van der Waals surface area contributed by atoms with E-state index in [0.29, 0.717) is 6.61 Å². The predicted octanol–water partition coefficient (Wildman–Crippen LogP) is 2.13. The van der Waals surface area contributed by atoms with Crippen molar-refractivity contribution in [1.82, 2.24) is 9.88 Å². The number of rotatable bonds is 5. The summed E-state index contributed by atoms with van der Waals surface area (Å²) in [6, 6.07) is 0. The molecule has 1 aliphatic rings. The molecule has 0 spiro atoms. The van der Waals surface area contributed by atoms with E-state index in [2.05, 4.69) is 22.3 Å². The van der Waals surface area contributed by atoms with E-state index in [-0.39, 0.29) is 5.41 Å². The molecule has 0 unspecified atom stereocenters. The van der Waals surface area contributed by atoms with E-state index >= 15 is 0 Å². The molecular formula is C12H20N2OS. The summed E-state index contributed by atoms with van der Waals surface area (Å²) in [5.74, 6) is 0. The Morgan fingerprint density at radius 2 is 2.25 bits per heavy atom. The van der Waals surface area contributed by atoms with Crippen LogP contribution in [-0.2, 0) is 6.54 Å². The van der Waals surface area contributed by atoms with Crippen molar-refractivity contribution < 1.29 is 5.11 Å². The maximum atomic E-state index is 9.55. The molecule has 0 saturated heterocycles. The summed E-state index contributed by atoms with van der Waals surface area (Å²) >= 11 is 1.64. The number of nitrogens with zero attached hydrogens (tertiary/aromatic N) is 2. The Hall–Kier alpha value is -0.450. The summed E-state index contributed by atoms with van der Waals surface area (Å²) in [6.07, 6.45) is 4.88. The van der Waals surface area contributed by atoms with Gasteiger partial charge in [0.05, 0.1) is 11.2 Å². The van der Waals surface area contributed by atoms with Crippen molar-refractivity contribution >= 4 is 11.3 Å². The summed E-state index contributed by atoms with van der Waals surface area (Å²) in [4.78, 5) is 6.58. The lowest BCUT2D eigenvalue weighted by molar-refractivity contribution is 0.0860. The number of aliphatic hydroxyl groups excluding tert-OH is 1. The molecule has 1 aromatic heterocycles. The maximum absolute atomic E-state index is 9.55. The average Bonchev–Trinajstić information content (AvgIpc) is 2.90. The fourth-order valence-electron chi connectivity index (χ4n) is 2.71. The average molecular weight is 240 g/mol. The number of hydrogen-bond acceptors (Lipinski definition) is 4. The summed E-state index contributed by atoms with van der Waals surface area (Å²) in [5.41, 5.74) is 3.17. The van der Waals surface area contributed by atoms with Crippen LogP contribution >= 0.6 is 11.3 Å². The first-order valence-corrected chi connectivity index (χ1v) is 6.85. The second kappa shape index (κ2) is 5.25. The smallest absolute Gasteiger partial charge is 0.0795 e. The van der Waals surface area contributed by atoms with Gasteiger partial charge in [0.2, 0.25) is 0 Å². The highest BCUT2D eigenvalue weighted by Gasteiger charge is 2.34. The highest BCUT2D eigenvalue weighted by molar-refractivity contribution is 7.07. The van der Waals surface area contributed by atoms with Crippen molar-refractivity contribution in [1.29, 1.82) is 0 Å². The SMILES string of the molecule is CN(Cc1cscn1)CC1(CO)CCCC1. The van der Waals surface area contributed by atoms with E-state index in [1.165, 1.54) is 25.7 Å². The van der Waals surface area contributed by atoms with E-state index in [0.717, 1.165) is 18.8 Å². The molecule has 0 radical (unpaired) electrons. The van der Waals surface area contributed by atoms with Crippen molar-refractivity contribution in [2.24, 2.45) is 5.41 Å². The van der Waals surface area contributed by atoms with Crippen LogP contribution in [0.1, 0.15) is 31.4 Å². The van der Waals surface area contributed by atoms with Crippen LogP contribution in [-0.4, -0.2) is 35.2 Å². The molecule has 90 valence electrons. The van der Waals surface area contributed by atoms with Crippen molar-refractivity contribution in [3.63, 3.8) is 0 Å². The molecule has 0 aliphatic heterocycles. The van der Waals surface area contributed by atoms with Gasteiger partial charge < -0.3 is 5.11 Å². The maximum Gasteiger partial charge on any atom is 0.0795 e. The lowest BCUT2D eigenvalue weighted by atomic mass is 9.87. The number of aromatic nitrogens is 1. The third-order valence-electron chi connectivity index (χ3n) is 3.52. The van der Waals surface area contributed by atoms with Gasteiger partial charge in [0.1, 0.15) is 0 Å². The summed E-state index contributed by atoms with van der Waals surface area (Å²) in [6.45, 7) is 2.21. The van der Waals surface area contributed by atoms with E-state index in [1.54, 1.807) is 11.3 Å². The van der Waals surface area contributed by atoms with Crippen molar-refractivity contribution in [2.45, 2.75) is 32.2 Å². The molecule has 0 amide bonds. The molecule has 0 bridgehead atoms. The number of aliphatic hydroxyl groups is 1. The van der Waals surface area contributed by atoms with Crippen LogP contribution in [0.25, 0.3) is 0 Å². The Labute approximate surface area is 101 Å². The Balaban J connectivity index is 1.88. The topological polar surface area (TPSA) is 36.4 Å². The summed E-state index contributed by atoms with van der Waals surface area (Å²) in [7, 11) is 2.12. The second-order valence-electron chi connectivity index (χ2n) is 5.02. The van der Waals surface area contributed by atoms with Crippen molar-refractivity contribution in [3.8, 4) is 0 Å². The molecular weight excluding hydrogens is 220 g/mol. The number of hydrogen-bond donors (Lipinski definition) is 1. The highest BCUT2D eigenvalue weighted by Crippen LogP contribution is 2.38. The van der Waals surface area contributed by atoms with Gasteiger partial charge in [0, 0.05) is 30.5 Å². The number of thiazole rings is 1. The van der Waals surface area contributed by atoms with Gasteiger partial charge in [-0.25, -0.2) is 4.98 Å². The van der Waals surface area contributed by atoms with Gasteiger partial charge >= 0.3 is 0 Å². The second-order valence-corrected chi connectivity index (χ2v) is 5.74. The van der Waals surface area contributed by atoms with Gasteiger partial charge in [-0.3, -0.25) is 4.90 Å². The van der Waals surface area contributed by atoms with Gasteiger partial charge in [-0.1, -0.05) is 12.8 Å². The van der Waals surface area contributed by atoms with Crippen LogP contribution in [0.4, 0.5) is 0 Å². The summed E-state index contributed by atoms with van der Waals surface area (Å²) in [5, 5.41) is 11.6. The molecule has 1 fully saturated rings. The Bertz CT molecular complexity index is 307. The zero-order valence-electron chi connectivity index (χ0n) is 9.85. The molecule has 1 heterocycles. The van der Waals surface area contributed by atoms with Crippen LogP contribution in [0, 0.1) is 5.41 Å². The molecule has 3 nitrogen and oxygen atoms in total. The Morgan fingerprint density at radius 1 is 1.50 bits per heavy atom. The minimum Gasteiger partial charge on any atom is -0.396 e. The molecule has 1 saturated carbocycles. The van der Waals surface area contributed by atoms with E-state index in [1.807, 2.05) is 5.51 Å². The minimum absolute atomic E-state index is 0.158. The van der Waals surface area contributed by atoms with Gasteiger partial charge in [0.25, 0.3) is 0 Å². The first-order valence-electron chi connectivity index (χ1n) is 5.91. The molecule has 1 N–H and O–H groups in total. The van der Waals surface area contributed by atoms with Crippen molar-refractivity contribution in [3.05, 3.63) is 16.6 Å². The van der Waals surface area contributed by atoms with Crippen LogP contribution in [0.2, 0.25) is 0 Å². The van der Waals surface area contributed by atoms with Gasteiger partial charge in [-0.05, 0) is 19.9 Å². The summed E-state index contributed by atoms with van der Waals surface area (Å²) < 4.78 is 0. The first-order chi connectivity index (χ1) is 7.74. The molecule has 16 heavy (non-hydrogen) atoms. The molecule has 4 heteroatoms. The quantitative estimate of drug-likeness (QED) is 0.856. The Morgan fingerprint density at radius 3 is 2.81 bits per heavy atom. The van der Waals surface area contributed by atoms with Gasteiger partial charge in [0.15, 0.2) is 0 Å². The van der Waals surface area contributed by atoms with Crippen LogP contribution < -0.4 is 0 Å². The lowest BCUT2D eigenvalue weighted by Gasteiger charge is -2.31. The molecule has 1 aromatic rings. The van der Waals surface area contributed by atoms with Gasteiger partial charge in [-0.2, -0.15) is 0 Å². The van der Waals surface area contributed by atoms with E-state index < -0.39 is 0 Å². The molecule has 1 aliphatic carbocycles. The predicted molar refractivity (Wildman–Crippen MR) is 66.4 cm³/mol. The Kier molecular flexibility index (Phi) is 3.95. The van der Waals surface area contributed by atoms with E-state index in [4.69, 9.17) is 0 Å². The van der Waals surface area contributed by atoms with Crippen molar-refractivity contribution in [2.75, 3.05) is 20.2 Å². The fourth-order valence-corrected chi connectivity index (χ4v) is 3.26. The largest absolute Gasteiger partial charge is 0.396 e. The molecule has 2 rings (SSSR count). The molecule has 0 aromatic carbocycles. The standard InChI is InChI=1S/C12H20N2OS/c1-14(6-11-7-16-10-13-11)8-12(9-15)4-2-3-5-12/h7,10,15H,2-6,8-9H2,1H3. The van der Waals surface area contributed by atoms with Crippen LogP contribution in [0.3, 0.4) is 0 Å².